The first kappa shape index (κ1) is 13.6. The van der Waals surface area contributed by atoms with Crippen LogP contribution in [0, 0.1) is 0 Å². The van der Waals surface area contributed by atoms with Gasteiger partial charge in [0.25, 0.3) is 5.95 Å². The van der Waals surface area contributed by atoms with Crippen molar-refractivity contribution in [2.45, 2.75) is 25.8 Å². The summed E-state index contributed by atoms with van der Waals surface area (Å²) in [5, 5.41) is 16.4. The maximum atomic E-state index is 9.37. The van der Waals surface area contributed by atoms with Crippen LogP contribution in [0.2, 0.25) is 5.28 Å². The Morgan fingerprint density at radius 1 is 1.42 bits per heavy atom. The molecule has 0 aliphatic carbocycles. The highest BCUT2D eigenvalue weighted by Crippen LogP contribution is 2.16. The lowest BCUT2D eigenvalue weighted by Gasteiger charge is -2.27. The Hall–Kier alpha value is -1.80. The Kier molecular flexibility index (Phi) is 3.91. The van der Waals surface area contributed by atoms with Crippen molar-refractivity contribution in [3.63, 3.8) is 0 Å². The van der Waals surface area contributed by atoms with Crippen molar-refractivity contribution in [1.29, 1.82) is 0 Å². The van der Waals surface area contributed by atoms with Crippen LogP contribution in [-0.4, -0.2) is 47.0 Å². The molecule has 0 saturated carbocycles. The molecule has 0 fully saturated rings. The highest BCUT2D eigenvalue weighted by atomic mass is 35.5. The van der Waals surface area contributed by atoms with Crippen LogP contribution in [0.25, 0.3) is 5.95 Å². The standard InChI is InChI=1S/C10H14ClN7O/c1-3-10(2,4-19)17-8-14-7(11)15-9(16-8)18-6-12-5-13-18/h5-6,19H,3-4H2,1-2H3,(H,14,15,16,17). The molecule has 19 heavy (non-hydrogen) atoms. The number of aliphatic hydroxyl groups excluding tert-OH is 1. The Morgan fingerprint density at radius 2 is 2.21 bits per heavy atom. The number of hydrogen-bond acceptors (Lipinski definition) is 7. The fourth-order valence-corrected chi connectivity index (χ4v) is 1.47. The summed E-state index contributed by atoms with van der Waals surface area (Å²) in [6.07, 6.45) is 3.53. The Bertz CT molecular complexity index is 541. The third-order valence-corrected chi connectivity index (χ3v) is 2.93. The molecule has 0 aliphatic heterocycles. The molecule has 0 aliphatic rings. The summed E-state index contributed by atoms with van der Waals surface area (Å²) in [6, 6.07) is 0. The fourth-order valence-electron chi connectivity index (χ4n) is 1.32. The topological polar surface area (TPSA) is 102 Å². The molecular weight excluding hydrogens is 270 g/mol. The summed E-state index contributed by atoms with van der Waals surface area (Å²) in [7, 11) is 0. The summed E-state index contributed by atoms with van der Waals surface area (Å²) >= 11 is 5.86. The second kappa shape index (κ2) is 5.45. The van der Waals surface area contributed by atoms with Gasteiger partial charge in [0, 0.05) is 0 Å². The molecule has 0 saturated heterocycles. The zero-order chi connectivity index (χ0) is 13.9. The van der Waals surface area contributed by atoms with E-state index < -0.39 is 5.54 Å². The largest absolute Gasteiger partial charge is 0.394 e. The van der Waals surface area contributed by atoms with Gasteiger partial charge in [-0.15, -0.1) is 0 Å². The fraction of sp³-hybridized carbons (Fsp3) is 0.500. The van der Waals surface area contributed by atoms with Gasteiger partial charge >= 0.3 is 0 Å². The van der Waals surface area contributed by atoms with Gasteiger partial charge in [-0.25, -0.2) is 4.98 Å². The quantitative estimate of drug-likeness (QED) is 0.832. The summed E-state index contributed by atoms with van der Waals surface area (Å²) in [6.45, 7) is 3.76. The first-order chi connectivity index (χ1) is 9.06. The predicted octanol–water partition coefficient (Wildman–Crippen LogP) is 0.679. The van der Waals surface area contributed by atoms with Gasteiger partial charge in [0.05, 0.1) is 12.1 Å². The van der Waals surface area contributed by atoms with Crippen molar-refractivity contribution in [3.8, 4) is 5.95 Å². The number of aliphatic hydroxyl groups is 1. The molecule has 2 rings (SSSR count). The summed E-state index contributed by atoms with van der Waals surface area (Å²) < 4.78 is 1.38. The van der Waals surface area contributed by atoms with E-state index in [1.54, 1.807) is 0 Å². The average Bonchev–Trinajstić information content (AvgIpc) is 2.92. The minimum Gasteiger partial charge on any atom is -0.394 e. The lowest BCUT2D eigenvalue weighted by molar-refractivity contribution is 0.218. The number of nitrogens with one attached hydrogen (secondary N) is 1. The van der Waals surface area contributed by atoms with Crippen LogP contribution in [0.3, 0.4) is 0 Å². The molecule has 102 valence electrons. The van der Waals surface area contributed by atoms with Crippen LogP contribution in [-0.2, 0) is 0 Å². The third kappa shape index (κ3) is 3.15. The van der Waals surface area contributed by atoms with E-state index in [1.165, 1.54) is 17.3 Å². The van der Waals surface area contributed by atoms with E-state index in [0.717, 1.165) is 0 Å². The van der Waals surface area contributed by atoms with E-state index in [-0.39, 0.29) is 23.8 Å². The molecule has 2 N–H and O–H groups in total. The van der Waals surface area contributed by atoms with Crippen LogP contribution < -0.4 is 5.32 Å². The molecule has 0 amide bonds. The number of hydrogen-bond donors (Lipinski definition) is 2. The summed E-state index contributed by atoms with van der Waals surface area (Å²) in [5.41, 5.74) is -0.523. The minimum atomic E-state index is -0.523. The lowest BCUT2D eigenvalue weighted by atomic mass is 10.0. The van der Waals surface area contributed by atoms with E-state index in [9.17, 15) is 5.11 Å². The van der Waals surface area contributed by atoms with Crippen molar-refractivity contribution in [3.05, 3.63) is 17.9 Å². The van der Waals surface area contributed by atoms with Crippen molar-refractivity contribution in [2.75, 3.05) is 11.9 Å². The molecule has 9 heteroatoms. The average molecular weight is 284 g/mol. The first-order valence-corrected chi connectivity index (χ1v) is 6.10. The second-order valence-corrected chi connectivity index (χ2v) is 4.60. The first-order valence-electron chi connectivity index (χ1n) is 5.72. The summed E-state index contributed by atoms with van der Waals surface area (Å²) in [4.78, 5) is 15.9. The smallest absolute Gasteiger partial charge is 0.258 e. The zero-order valence-corrected chi connectivity index (χ0v) is 11.3. The second-order valence-electron chi connectivity index (χ2n) is 4.27. The molecule has 2 aromatic rings. The monoisotopic (exact) mass is 283 g/mol. The molecule has 0 radical (unpaired) electrons. The number of aromatic nitrogens is 6. The van der Waals surface area contributed by atoms with Gasteiger partial charge in [0.15, 0.2) is 0 Å². The van der Waals surface area contributed by atoms with Crippen LogP contribution in [0.4, 0.5) is 5.95 Å². The number of rotatable bonds is 5. The van der Waals surface area contributed by atoms with Crippen molar-refractivity contribution in [2.24, 2.45) is 0 Å². The van der Waals surface area contributed by atoms with E-state index in [1.807, 2.05) is 13.8 Å². The van der Waals surface area contributed by atoms with Crippen molar-refractivity contribution < 1.29 is 5.11 Å². The van der Waals surface area contributed by atoms with Crippen LogP contribution in [0.5, 0.6) is 0 Å². The highest BCUT2D eigenvalue weighted by Gasteiger charge is 2.22. The zero-order valence-electron chi connectivity index (χ0n) is 10.6. The van der Waals surface area contributed by atoms with Crippen LogP contribution >= 0.6 is 11.6 Å². The highest BCUT2D eigenvalue weighted by molar-refractivity contribution is 6.28. The molecule has 1 unspecified atom stereocenters. The van der Waals surface area contributed by atoms with Gasteiger partial charge in [-0.1, -0.05) is 6.92 Å². The van der Waals surface area contributed by atoms with Crippen molar-refractivity contribution >= 4 is 17.5 Å². The van der Waals surface area contributed by atoms with Gasteiger partial charge in [0.1, 0.15) is 12.7 Å². The maximum absolute atomic E-state index is 9.37. The number of nitrogens with zero attached hydrogens (tertiary/aromatic N) is 6. The van der Waals surface area contributed by atoms with Gasteiger partial charge in [-0.05, 0) is 24.9 Å². The molecular formula is C10H14ClN7O. The Balaban J connectivity index is 2.32. The van der Waals surface area contributed by atoms with Gasteiger partial charge in [-0.2, -0.15) is 24.7 Å². The van der Waals surface area contributed by atoms with E-state index in [2.05, 4.69) is 30.4 Å². The maximum Gasteiger partial charge on any atom is 0.258 e. The predicted molar refractivity (Wildman–Crippen MR) is 69.2 cm³/mol. The molecule has 0 aromatic carbocycles. The molecule has 2 heterocycles. The van der Waals surface area contributed by atoms with E-state index in [0.29, 0.717) is 6.42 Å². The SMILES string of the molecule is CCC(C)(CO)Nc1nc(Cl)nc(-n2cncn2)n1. The Morgan fingerprint density at radius 3 is 2.79 bits per heavy atom. The van der Waals surface area contributed by atoms with E-state index >= 15 is 0 Å². The molecule has 0 spiro atoms. The molecule has 1 atom stereocenters. The minimum absolute atomic E-state index is 0.0411. The summed E-state index contributed by atoms with van der Waals surface area (Å²) in [5.74, 6) is 0.542. The van der Waals surface area contributed by atoms with Gasteiger partial charge in [0.2, 0.25) is 11.2 Å². The third-order valence-electron chi connectivity index (χ3n) is 2.76. The van der Waals surface area contributed by atoms with Gasteiger partial charge < -0.3 is 10.4 Å². The molecule has 8 nitrogen and oxygen atoms in total. The Labute approximate surface area is 114 Å². The van der Waals surface area contributed by atoms with Crippen molar-refractivity contribution in [1.82, 2.24) is 29.7 Å². The van der Waals surface area contributed by atoms with E-state index in [4.69, 9.17) is 11.6 Å². The normalized spacial score (nSPS) is 14.1. The van der Waals surface area contributed by atoms with Gasteiger partial charge in [-0.3, -0.25) is 0 Å². The van der Waals surface area contributed by atoms with Crippen LogP contribution in [0.1, 0.15) is 20.3 Å². The van der Waals surface area contributed by atoms with Crippen LogP contribution in [0.15, 0.2) is 12.7 Å². The lowest BCUT2D eigenvalue weighted by Crippen LogP contribution is -2.38. The molecule has 2 aromatic heterocycles. The number of anilines is 1. The number of halogens is 1. The molecule has 0 bridgehead atoms.